The fraction of sp³-hybridized carbons (Fsp3) is 0.0769. The van der Waals surface area contributed by atoms with Gasteiger partial charge in [-0.1, -0.05) is 72.8 Å². The van der Waals surface area contributed by atoms with Gasteiger partial charge in [0.2, 0.25) is 0 Å². The van der Waals surface area contributed by atoms with E-state index in [0.29, 0.717) is 17.3 Å². The van der Waals surface area contributed by atoms with E-state index in [9.17, 15) is 4.79 Å². The Balaban J connectivity index is 1.60. The van der Waals surface area contributed by atoms with Crippen molar-refractivity contribution < 1.29 is 9.53 Å². The van der Waals surface area contributed by atoms with E-state index in [0.717, 1.165) is 28.1 Å². The van der Waals surface area contributed by atoms with Crippen LogP contribution in [0.2, 0.25) is 0 Å². The number of aromatic nitrogens is 1. The summed E-state index contributed by atoms with van der Waals surface area (Å²) >= 11 is 1.41. The number of carbonyl (C=O) groups excluding carboxylic acids is 1. The summed E-state index contributed by atoms with van der Waals surface area (Å²) in [6, 6.07) is 27.2. The third-order valence-corrected chi connectivity index (χ3v) is 5.38. The zero-order valence-electron chi connectivity index (χ0n) is 17.1. The summed E-state index contributed by atoms with van der Waals surface area (Å²) in [6.07, 6.45) is 1.88. The van der Waals surface area contributed by atoms with Crippen molar-refractivity contribution in [3.63, 3.8) is 0 Å². The highest BCUT2D eigenvalue weighted by Gasteiger charge is 2.15. The van der Waals surface area contributed by atoms with E-state index >= 15 is 0 Å². The Kier molecular flexibility index (Phi) is 6.55. The van der Waals surface area contributed by atoms with Gasteiger partial charge in [0, 0.05) is 16.5 Å². The molecule has 0 spiro atoms. The lowest BCUT2D eigenvalue weighted by atomic mass is 10.0. The molecule has 4 nitrogen and oxygen atoms in total. The second-order valence-electron chi connectivity index (χ2n) is 6.78. The van der Waals surface area contributed by atoms with Crippen molar-refractivity contribution in [3.05, 3.63) is 101 Å². The fourth-order valence-corrected chi connectivity index (χ4v) is 3.84. The minimum Gasteiger partial charge on any atom is -0.494 e. The number of thiazole rings is 1. The molecule has 0 aliphatic heterocycles. The monoisotopic (exact) mass is 426 g/mol. The van der Waals surface area contributed by atoms with Gasteiger partial charge in [0.05, 0.1) is 12.3 Å². The van der Waals surface area contributed by atoms with Gasteiger partial charge in [-0.15, -0.1) is 11.3 Å². The summed E-state index contributed by atoms with van der Waals surface area (Å²) in [6.45, 7) is 2.57. The van der Waals surface area contributed by atoms with Gasteiger partial charge in [-0.2, -0.15) is 0 Å². The normalized spacial score (nSPS) is 11.2. The number of carbonyl (C=O) groups is 1. The molecule has 1 aromatic heterocycles. The van der Waals surface area contributed by atoms with Gasteiger partial charge in [0.1, 0.15) is 5.75 Å². The van der Waals surface area contributed by atoms with Gasteiger partial charge < -0.3 is 4.74 Å². The first-order chi connectivity index (χ1) is 15.2. The summed E-state index contributed by atoms with van der Waals surface area (Å²) < 4.78 is 5.51. The van der Waals surface area contributed by atoms with Crippen LogP contribution in [0, 0.1) is 0 Å². The Morgan fingerprint density at radius 1 is 0.968 bits per heavy atom. The van der Waals surface area contributed by atoms with E-state index in [2.05, 4.69) is 10.3 Å². The molecule has 0 aliphatic rings. The molecule has 1 N–H and O–H groups in total. The number of anilines is 1. The quantitative estimate of drug-likeness (QED) is 0.275. The van der Waals surface area contributed by atoms with Crippen LogP contribution in [0.1, 0.15) is 18.1 Å². The Morgan fingerprint density at radius 2 is 1.65 bits per heavy atom. The molecule has 0 atom stereocenters. The number of hydrogen-bond acceptors (Lipinski definition) is 4. The Hall–Kier alpha value is -3.70. The maximum Gasteiger partial charge on any atom is 0.258 e. The topological polar surface area (TPSA) is 51.2 Å². The number of amides is 1. The molecule has 4 aromatic rings. The summed E-state index contributed by atoms with van der Waals surface area (Å²) in [4.78, 5) is 17.8. The molecule has 0 aliphatic carbocycles. The molecule has 0 radical (unpaired) electrons. The summed E-state index contributed by atoms with van der Waals surface area (Å²) in [5.41, 5.74) is 4.20. The average molecular weight is 427 g/mol. The van der Waals surface area contributed by atoms with Crippen LogP contribution in [-0.2, 0) is 4.79 Å². The Bertz CT molecular complexity index is 1170. The first-order valence-electron chi connectivity index (χ1n) is 10.0. The van der Waals surface area contributed by atoms with Crippen LogP contribution in [0.3, 0.4) is 0 Å². The molecular weight excluding hydrogens is 404 g/mol. The second kappa shape index (κ2) is 9.87. The molecule has 31 heavy (non-hydrogen) atoms. The van der Waals surface area contributed by atoms with Crippen LogP contribution >= 0.6 is 11.3 Å². The summed E-state index contributed by atoms with van der Waals surface area (Å²) in [5.74, 6) is 0.607. The second-order valence-corrected chi connectivity index (χ2v) is 7.64. The SMILES string of the molecule is CCOc1ccc(/C=C(/C(=O)Nc2nc(-c3ccccc3)cs2)c2ccccc2)cc1. The Labute approximate surface area is 185 Å². The lowest BCUT2D eigenvalue weighted by molar-refractivity contribution is -0.111. The lowest BCUT2D eigenvalue weighted by Crippen LogP contribution is -2.13. The minimum atomic E-state index is -0.200. The molecule has 0 saturated heterocycles. The third-order valence-electron chi connectivity index (χ3n) is 4.63. The van der Waals surface area contributed by atoms with E-state index in [-0.39, 0.29) is 5.91 Å². The lowest BCUT2D eigenvalue weighted by Gasteiger charge is -2.09. The number of ether oxygens (including phenoxy) is 1. The molecule has 0 bridgehead atoms. The highest BCUT2D eigenvalue weighted by atomic mass is 32.1. The molecular formula is C26H22N2O2S. The zero-order chi connectivity index (χ0) is 21.5. The molecule has 0 unspecified atom stereocenters. The van der Waals surface area contributed by atoms with E-state index < -0.39 is 0 Å². The largest absolute Gasteiger partial charge is 0.494 e. The van der Waals surface area contributed by atoms with Gasteiger partial charge in [-0.3, -0.25) is 10.1 Å². The van der Waals surface area contributed by atoms with Crippen LogP contribution in [0.25, 0.3) is 22.9 Å². The zero-order valence-corrected chi connectivity index (χ0v) is 17.9. The summed E-state index contributed by atoms with van der Waals surface area (Å²) in [5, 5.41) is 5.47. The van der Waals surface area contributed by atoms with Gasteiger partial charge in [-0.05, 0) is 36.3 Å². The molecule has 0 saturated carbocycles. The predicted octanol–water partition coefficient (Wildman–Crippen LogP) is 6.39. The molecule has 3 aromatic carbocycles. The number of benzene rings is 3. The summed E-state index contributed by atoms with van der Waals surface area (Å²) in [7, 11) is 0. The first kappa shape index (κ1) is 20.6. The van der Waals surface area contributed by atoms with Gasteiger partial charge in [0.25, 0.3) is 5.91 Å². The van der Waals surface area contributed by atoms with E-state index in [1.54, 1.807) is 0 Å². The molecule has 1 amide bonds. The molecule has 0 fully saturated rings. The van der Waals surface area contributed by atoms with Crippen LogP contribution in [0.5, 0.6) is 5.75 Å². The van der Waals surface area contributed by atoms with Crippen molar-refractivity contribution in [1.29, 1.82) is 0 Å². The highest BCUT2D eigenvalue weighted by Crippen LogP contribution is 2.27. The van der Waals surface area contributed by atoms with Crippen molar-refractivity contribution in [2.75, 3.05) is 11.9 Å². The number of hydrogen-bond donors (Lipinski definition) is 1. The van der Waals surface area contributed by atoms with E-state index in [4.69, 9.17) is 4.74 Å². The maximum absolute atomic E-state index is 13.2. The minimum absolute atomic E-state index is 0.200. The Morgan fingerprint density at radius 3 is 2.32 bits per heavy atom. The molecule has 5 heteroatoms. The van der Waals surface area contributed by atoms with E-state index in [1.807, 2.05) is 103 Å². The number of rotatable bonds is 7. The fourth-order valence-electron chi connectivity index (χ4n) is 3.13. The van der Waals surface area contributed by atoms with Gasteiger partial charge in [-0.25, -0.2) is 4.98 Å². The third kappa shape index (κ3) is 5.27. The van der Waals surface area contributed by atoms with E-state index in [1.165, 1.54) is 11.3 Å². The van der Waals surface area contributed by atoms with Crippen LogP contribution in [0.4, 0.5) is 5.13 Å². The van der Waals surface area contributed by atoms with Gasteiger partial charge in [0.15, 0.2) is 5.13 Å². The standard InChI is InChI=1S/C26H22N2O2S/c1-2-30-22-15-13-19(14-16-22)17-23(20-9-5-3-6-10-20)25(29)28-26-27-24(18-31-26)21-11-7-4-8-12-21/h3-18H,2H2,1H3,(H,27,28,29)/b23-17+. The van der Waals surface area contributed by atoms with Crippen molar-refractivity contribution >= 4 is 34.0 Å². The van der Waals surface area contributed by atoms with Crippen molar-refractivity contribution in [2.45, 2.75) is 6.92 Å². The highest BCUT2D eigenvalue weighted by molar-refractivity contribution is 7.14. The average Bonchev–Trinajstić information content (AvgIpc) is 3.28. The van der Waals surface area contributed by atoms with Crippen molar-refractivity contribution in [1.82, 2.24) is 4.98 Å². The van der Waals surface area contributed by atoms with Gasteiger partial charge >= 0.3 is 0 Å². The number of nitrogens with zero attached hydrogens (tertiary/aromatic N) is 1. The van der Waals surface area contributed by atoms with Crippen molar-refractivity contribution in [2.24, 2.45) is 0 Å². The van der Waals surface area contributed by atoms with Crippen molar-refractivity contribution in [3.8, 4) is 17.0 Å². The van der Waals surface area contributed by atoms with Crippen LogP contribution in [-0.4, -0.2) is 17.5 Å². The molecule has 1 heterocycles. The van der Waals surface area contributed by atoms with Crippen LogP contribution in [0.15, 0.2) is 90.3 Å². The predicted molar refractivity (Wildman–Crippen MR) is 128 cm³/mol. The first-order valence-corrected chi connectivity index (χ1v) is 10.9. The van der Waals surface area contributed by atoms with Crippen LogP contribution < -0.4 is 10.1 Å². The number of nitrogens with one attached hydrogen (secondary N) is 1. The molecule has 154 valence electrons. The molecule has 4 rings (SSSR count). The smallest absolute Gasteiger partial charge is 0.258 e. The maximum atomic E-state index is 13.2.